The number of fused-ring (bicyclic) bond motifs is 6. The van der Waals surface area contributed by atoms with Crippen LogP contribution in [0.4, 0.5) is 0 Å². The maximum absolute atomic E-state index is 3.34. The number of aromatic nitrogens is 2. The average molecular weight is 1120 g/mol. The van der Waals surface area contributed by atoms with Gasteiger partial charge in [-0.15, -0.1) is 0 Å². The maximum atomic E-state index is 2.59. The molecule has 2 heterocycles. The molecule has 0 aliphatic heterocycles. The van der Waals surface area contributed by atoms with E-state index < -0.39 is 8.07 Å². The van der Waals surface area contributed by atoms with Crippen molar-refractivity contribution in [2.45, 2.75) is 0 Å². The minimum atomic E-state index is -3.34. The molecule has 0 saturated heterocycles. The van der Waals surface area contributed by atoms with Gasteiger partial charge < -0.3 is 9.13 Å². The second kappa shape index (κ2) is 21.8. The van der Waals surface area contributed by atoms with Crippen LogP contribution < -0.4 is 20.7 Å². The summed E-state index contributed by atoms with van der Waals surface area (Å²) in [6.45, 7) is 0. The Hall–Kier alpha value is -11.1. The molecule has 2 nitrogen and oxygen atoms in total. The Kier molecular flexibility index (Phi) is 12.9. The van der Waals surface area contributed by atoms with Crippen molar-refractivity contribution in [3.63, 3.8) is 0 Å². The van der Waals surface area contributed by atoms with E-state index in [9.17, 15) is 0 Å². The molecule has 0 atom stereocenters. The van der Waals surface area contributed by atoms with Crippen LogP contribution in [-0.2, 0) is 0 Å². The smallest absolute Gasteiger partial charge is 0.179 e. The van der Waals surface area contributed by atoms with E-state index in [-0.39, 0.29) is 0 Å². The minimum absolute atomic E-state index is 1.11. The van der Waals surface area contributed by atoms with E-state index in [4.69, 9.17) is 0 Å². The Labute approximate surface area is 508 Å². The summed E-state index contributed by atoms with van der Waals surface area (Å²) in [5.41, 5.74) is 21.0. The average Bonchev–Trinajstić information content (AvgIpc) is 1.75. The molecule has 0 N–H and O–H groups in total. The van der Waals surface area contributed by atoms with E-state index >= 15 is 0 Å². The molecule has 3 heteroatoms. The van der Waals surface area contributed by atoms with Crippen LogP contribution in [0.15, 0.2) is 352 Å². The fraction of sp³-hybridized carbons (Fsp3) is 0. The van der Waals surface area contributed by atoms with Gasteiger partial charge in [0.05, 0.1) is 27.8 Å². The maximum Gasteiger partial charge on any atom is 0.179 e. The standard InChI is InChI=1S/C84H58N2Si/c1-8-26-59(27-9-1)65-38-24-42-71(52-65)87(70-40-20-7-21-41-70,72-43-25-39-66(53-72)60-28-10-2-11-29-60)73-57-75(63-34-16-5-17-35-63)84(76(58-73)64-36-18-6-19-37-64)86-82-50-47-68(62-32-14-4-15-33-62)55-78(82)79-56-69(48-51-83(79)86)85-80-45-23-22-44-74(80)77-54-67(46-49-81(77)85)61-30-12-3-13-31-61/h1-58H. The number of hydrogen-bond donors (Lipinski definition) is 0. The molecule has 0 radical (unpaired) electrons. The minimum Gasteiger partial charge on any atom is -0.309 e. The monoisotopic (exact) mass is 1120 g/mol. The number of rotatable bonds is 12. The van der Waals surface area contributed by atoms with Gasteiger partial charge in [0.15, 0.2) is 8.07 Å². The van der Waals surface area contributed by atoms with Crippen molar-refractivity contribution in [3.8, 4) is 78.1 Å². The lowest BCUT2D eigenvalue weighted by Crippen LogP contribution is -2.74. The summed E-state index contributed by atoms with van der Waals surface area (Å²) in [6.07, 6.45) is 0. The van der Waals surface area contributed by atoms with Crippen LogP contribution in [0, 0.1) is 0 Å². The van der Waals surface area contributed by atoms with E-state index in [1.807, 2.05) is 0 Å². The van der Waals surface area contributed by atoms with Gasteiger partial charge in [0.1, 0.15) is 0 Å². The molecule has 0 fully saturated rings. The predicted octanol–water partition coefficient (Wildman–Crippen LogP) is 19.3. The number of para-hydroxylation sites is 1. The summed E-state index contributed by atoms with van der Waals surface area (Å²) >= 11 is 0. The summed E-state index contributed by atoms with van der Waals surface area (Å²) in [4.78, 5) is 0. The zero-order chi connectivity index (χ0) is 57.7. The van der Waals surface area contributed by atoms with Crippen LogP contribution in [0.5, 0.6) is 0 Å². The van der Waals surface area contributed by atoms with Crippen LogP contribution in [-0.4, -0.2) is 17.2 Å². The van der Waals surface area contributed by atoms with Gasteiger partial charge >= 0.3 is 0 Å². The summed E-state index contributed by atoms with van der Waals surface area (Å²) < 4.78 is 5.06. The van der Waals surface area contributed by atoms with E-state index in [2.05, 4.69) is 361 Å². The van der Waals surface area contributed by atoms with Crippen molar-refractivity contribution >= 4 is 72.4 Å². The third-order valence-electron chi connectivity index (χ3n) is 17.8. The Balaban J connectivity index is 1.02. The zero-order valence-corrected chi connectivity index (χ0v) is 48.9. The van der Waals surface area contributed by atoms with Crippen LogP contribution in [0.3, 0.4) is 0 Å². The summed E-state index contributed by atoms with van der Waals surface area (Å²) in [6, 6.07) is 131. The van der Waals surface area contributed by atoms with Gasteiger partial charge in [-0.2, -0.15) is 0 Å². The van der Waals surface area contributed by atoms with Crippen molar-refractivity contribution in [1.29, 1.82) is 0 Å². The van der Waals surface area contributed by atoms with Crippen molar-refractivity contribution in [3.05, 3.63) is 352 Å². The highest BCUT2D eigenvalue weighted by Crippen LogP contribution is 2.44. The molecule has 0 amide bonds. The van der Waals surface area contributed by atoms with Crippen LogP contribution in [0.25, 0.3) is 122 Å². The Morgan fingerprint density at radius 1 is 0.184 bits per heavy atom. The molecular formula is C84H58N2Si. The summed E-state index contributed by atoms with van der Waals surface area (Å²) in [5.74, 6) is 0. The Morgan fingerprint density at radius 2 is 0.517 bits per heavy atom. The van der Waals surface area contributed by atoms with Crippen molar-refractivity contribution in [2.75, 3.05) is 0 Å². The molecule has 0 spiro atoms. The molecule has 0 unspecified atom stereocenters. The number of benzene rings is 14. The van der Waals surface area contributed by atoms with Gasteiger partial charge in [-0.3, -0.25) is 0 Å². The first-order valence-electron chi connectivity index (χ1n) is 30.1. The van der Waals surface area contributed by atoms with E-state index in [0.717, 1.165) is 44.7 Å². The SMILES string of the molecule is c1ccc(-c2cccc([Si](c3ccccc3)(c3cccc(-c4ccccc4)c3)c3cc(-c4ccccc4)c(-n4c5ccc(-c6ccccc6)cc5c5cc(-n6c7ccccc7c7cc(-c8ccccc8)ccc76)ccc54)c(-c4ccccc4)c3)c2)cc1. The third-order valence-corrected chi connectivity index (χ3v) is 22.6. The normalized spacial score (nSPS) is 11.7. The molecule has 14 aromatic carbocycles. The highest BCUT2D eigenvalue weighted by atomic mass is 28.3. The van der Waals surface area contributed by atoms with Crippen LogP contribution in [0.2, 0.25) is 0 Å². The van der Waals surface area contributed by atoms with Gasteiger partial charge in [0, 0.05) is 38.4 Å². The topological polar surface area (TPSA) is 9.86 Å². The largest absolute Gasteiger partial charge is 0.309 e. The second-order valence-electron chi connectivity index (χ2n) is 22.7. The molecule has 2 aromatic heterocycles. The van der Waals surface area contributed by atoms with E-state index in [0.29, 0.717) is 0 Å². The first-order chi connectivity index (χ1) is 43.2. The van der Waals surface area contributed by atoms with Gasteiger partial charge in [-0.25, -0.2) is 0 Å². The van der Waals surface area contributed by atoms with Crippen LogP contribution in [0.1, 0.15) is 0 Å². The lowest BCUT2D eigenvalue weighted by atomic mass is 9.95. The lowest BCUT2D eigenvalue weighted by Gasteiger charge is -2.36. The van der Waals surface area contributed by atoms with Gasteiger partial charge in [-0.05, 0) is 125 Å². The third kappa shape index (κ3) is 8.95. The van der Waals surface area contributed by atoms with Crippen molar-refractivity contribution < 1.29 is 0 Å². The van der Waals surface area contributed by atoms with E-state index in [1.165, 1.54) is 97.8 Å². The quantitative estimate of drug-likeness (QED) is 0.0852. The number of hydrogen-bond acceptors (Lipinski definition) is 0. The predicted molar refractivity (Wildman–Crippen MR) is 371 cm³/mol. The lowest BCUT2D eigenvalue weighted by molar-refractivity contribution is 1.17. The Morgan fingerprint density at radius 3 is 0.989 bits per heavy atom. The van der Waals surface area contributed by atoms with Gasteiger partial charge in [0.25, 0.3) is 0 Å². The molecule has 0 saturated carbocycles. The van der Waals surface area contributed by atoms with Crippen LogP contribution >= 0.6 is 0 Å². The highest BCUT2D eigenvalue weighted by molar-refractivity contribution is 7.20. The summed E-state index contributed by atoms with van der Waals surface area (Å²) in [7, 11) is -3.34. The molecule has 0 aliphatic carbocycles. The first kappa shape index (κ1) is 51.5. The molecule has 87 heavy (non-hydrogen) atoms. The van der Waals surface area contributed by atoms with Gasteiger partial charge in [0.2, 0.25) is 0 Å². The fourth-order valence-electron chi connectivity index (χ4n) is 13.8. The van der Waals surface area contributed by atoms with Gasteiger partial charge in [-0.1, -0.05) is 303 Å². The Bertz CT molecular complexity index is 5030. The highest BCUT2D eigenvalue weighted by Gasteiger charge is 2.43. The number of nitrogens with zero attached hydrogens (tertiary/aromatic N) is 2. The van der Waals surface area contributed by atoms with Crippen molar-refractivity contribution in [2.24, 2.45) is 0 Å². The summed E-state index contributed by atoms with van der Waals surface area (Å²) in [5, 5.41) is 10.0. The zero-order valence-electron chi connectivity index (χ0n) is 47.9. The fourth-order valence-corrected chi connectivity index (χ4v) is 18.7. The first-order valence-corrected chi connectivity index (χ1v) is 32.1. The van der Waals surface area contributed by atoms with E-state index in [1.54, 1.807) is 0 Å². The molecule has 16 rings (SSSR count). The molecule has 0 aliphatic rings. The molecule has 16 aromatic rings. The molecular weight excluding hydrogens is 1070 g/mol. The van der Waals surface area contributed by atoms with Crippen molar-refractivity contribution in [1.82, 2.24) is 9.13 Å². The second-order valence-corrected chi connectivity index (χ2v) is 26.6. The molecule has 0 bridgehead atoms. The molecule has 408 valence electrons.